The van der Waals surface area contributed by atoms with Crippen LogP contribution in [0.5, 0.6) is 5.75 Å². The molecule has 0 atom stereocenters. The number of benzene rings is 1. The fourth-order valence-electron chi connectivity index (χ4n) is 2.52. The summed E-state index contributed by atoms with van der Waals surface area (Å²) in [5.41, 5.74) is 4.44. The fourth-order valence-corrected chi connectivity index (χ4v) is 2.52. The van der Waals surface area contributed by atoms with Gasteiger partial charge in [0.05, 0.1) is 20.3 Å². The average molecular weight is 236 g/mol. The molecule has 0 N–H and O–H groups in total. The first kappa shape index (κ1) is 12.4. The SMILES string of the molecule is COc1c(C)c(C)cc(C)c1C1(OC)COC1. The molecule has 3 heteroatoms. The first-order chi connectivity index (χ1) is 8.05. The van der Waals surface area contributed by atoms with Crippen molar-refractivity contribution in [2.24, 2.45) is 0 Å². The maximum Gasteiger partial charge on any atom is 0.143 e. The summed E-state index contributed by atoms with van der Waals surface area (Å²) >= 11 is 0. The molecule has 1 saturated heterocycles. The number of hydrogen-bond donors (Lipinski definition) is 0. The Morgan fingerprint density at radius 1 is 1.12 bits per heavy atom. The van der Waals surface area contributed by atoms with Crippen LogP contribution >= 0.6 is 0 Å². The lowest BCUT2D eigenvalue weighted by atomic mass is 9.85. The number of hydrogen-bond acceptors (Lipinski definition) is 3. The Balaban J connectivity index is 2.63. The van der Waals surface area contributed by atoms with Crippen LogP contribution < -0.4 is 4.74 Å². The number of methoxy groups -OCH3 is 2. The molecule has 1 aliphatic heterocycles. The number of ether oxygens (including phenoxy) is 3. The van der Waals surface area contributed by atoms with Crippen LogP contribution in [-0.4, -0.2) is 27.4 Å². The molecule has 1 aromatic rings. The third kappa shape index (κ3) is 1.74. The molecule has 0 aromatic heterocycles. The molecule has 1 aliphatic rings. The molecule has 2 rings (SSSR count). The molecule has 0 radical (unpaired) electrons. The summed E-state index contributed by atoms with van der Waals surface area (Å²) < 4.78 is 16.6. The zero-order valence-electron chi connectivity index (χ0n) is 11.2. The number of aryl methyl sites for hydroxylation is 2. The minimum Gasteiger partial charge on any atom is -0.496 e. The van der Waals surface area contributed by atoms with Crippen LogP contribution in [0.25, 0.3) is 0 Å². The smallest absolute Gasteiger partial charge is 0.143 e. The van der Waals surface area contributed by atoms with Gasteiger partial charge in [-0.3, -0.25) is 0 Å². The fraction of sp³-hybridized carbons (Fsp3) is 0.571. The van der Waals surface area contributed by atoms with Gasteiger partial charge in [0.2, 0.25) is 0 Å². The molecule has 0 bridgehead atoms. The monoisotopic (exact) mass is 236 g/mol. The summed E-state index contributed by atoms with van der Waals surface area (Å²) in [6, 6.07) is 2.19. The molecular formula is C14H20O3. The van der Waals surface area contributed by atoms with E-state index in [1.54, 1.807) is 14.2 Å². The lowest BCUT2D eigenvalue weighted by molar-refractivity contribution is -0.203. The first-order valence-corrected chi connectivity index (χ1v) is 5.84. The quantitative estimate of drug-likeness (QED) is 0.807. The van der Waals surface area contributed by atoms with Crippen molar-refractivity contribution < 1.29 is 14.2 Å². The first-order valence-electron chi connectivity index (χ1n) is 5.84. The van der Waals surface area contributed by atoms with Gasteiger partial charge in [-0.05, 0) is 37.5 Å². The molecule has 0 saturated carbocycles. The Labute approximate surface area is 103 Å². The van der Waals surface area contributed by atoms with E-state index in [9.17, 15) is 0 Å². The van der Waals surface area contributed by atoms with E-state index >= 15 is 0 Å². The predicted molar refractivity (Wildman–Crippen MR) is 66.7 cm³/mol. The zero-order valence-corrected chi connectivity index (χ0v) is 11.2. The highest BCUT2D eigenvalue weighted by molar-refractivity contribution is 5.53. The van der Waals surface area contributed by atoms with Crippen molar-refractivity contribution in [1.82, 2.24) is 0 Å². The van der Waals surface area contributed by atoms with Crippen molar-refractivity contribution in [2.45, 2.75) is 26.4 Å². The molecular weight excluding hydrogens is 216 g/mol. The van der Waals surface area contributed by atoms with Crippen molar-refractivity contribution in [3.05, 3.63) is 28.3 Å². The van der Waals surface area contributed by atoms with E-state index in [1.165, 1.54) is 16.7 Å². The Hall–Kier alpha value is -1.06. The van der Waals surface area contributed by atoms with Crippen LogP contribution in [0.4, 0.5) is 0 Å². The standard InChI is InChI=1S/C14H20O3/c1-9-6-10(2)12(13(15-4)11(9)3)14(16-5)7-17-8-14/h6H,7-8H2,1-5H3. The van der Waals surface area contributed by atoms with Crippen molar-refractivity contribution in [3.8, 4) is 5.75 Å². The minimum atomic E-state index is -0.326. The Morgan fingerprint density at radius 2 is 1.76 bits per heavy atom. The van der Waals surface area contributed by atoms with Gasteiger partial charge in [0.15, 0.2) is 0 Å². The van der Waals surface area contributed by atoms with Gasteiger partial charge in [-0.15, -0.1) is 0 Å². The summed E-state index contributed by atoms with van der Waals surface area (Å²) in [5.74, 6) is 0.938. The zero-order chi connectivity index (χ0) is 12.6. The maximum absolute atomic E-state index is 5.67. The van der Waals surface area contributed by atoms with Crippen LogP contribution in [0.2, 0.25) is 0 Å². The predicted octanol–water partition coefficient (Wildman–Crippen LogP) is 2.49. The summed E-state index contributed by atoms with van der Waals surface area (Å²) in [5, 5.41) is 0. The van der Waals surface area contributed by atoms with Gasteiger partial charge in [-0.2, -0.15) is 0 Å². The Bertz CT molecular complexity index is 428. The molecule has 1 aromatic carbocycles. The van der Waals surface area contributed by atoms with E-state index in [4.69, 9.17) is 14.2 Å². The minimum absolute atomic E-state index is 0.326. The topological polar surface area (TPSA) is 27.7 Å². The van der Waals surface area contributed by atoms with Gasteiger partial charge >= 0.3 is 0 Å². The third-order valence-electron chi connectivity index (χ3n) is 3.71. The molecule has 0 aliphatic carbocycles. The van der Waals surface area contributed by atoms with Gasteiger partial charge in [0.25, 0.3) is 0 Å². The Morgan fingerprint density at radius 3 is 2.18 bits per heavy atom. The summed E-state index contributed by atoms with van der Waals surface area (Å²) in [6.07, 6.45) is 0. The van der Waals surface area contributed by atoms with Crippen molar-refractivity contribution in [2.75, 3.05) is 27.4 Å². The van der Waals surface area contributed by atoms with Crippen molar-refractivity contribution >= 4 is 0 Å². The second-order valence-corrected chi connectivity index (χ2v) is 4.73. The van der Waals surface area contributed by atoms with Crippen LogP contribution in [0.15, 0.2) is 6.07 Å². The van der Waals surface area contributed by atoms with Crippen LogP contribution in [0.3, 0.4) is 0 Å². The number of rotatable bonds is 3. The van der Waals surface area contributed by atoms with E-state index < -0.39 is 0 Å². The van der Waals surface area contributed by atoms with Crippen LogP contribution in [-0.2, 0) is 15.1 Å². The molecule has 0 amide bonds. The Kier molecular flexibility index (Phi) is 3.15. The normalized spacial score (nSPS) is 17.7. The van der Waals surface area contributed by atoms with Crippen LogP contribution in [0, 0.1) is 20.8 Å². The molecule has 1 fully saturated rings. The van der Waals surface area contributed by atoms with Crippen molar-refractivity contribution in [3.63, 3.8) is 0 Å². The van der Waals surface area contributed by atoms with E-state index in [2.05, 4.69) is 26.8 Å². The lowest BCUT2D eigenvalue weighted by Crippen LogP contribution is -2.49. The van der Waals surface area contributed by atoms with Gasteiger partial charge in [-0.25, -0.2) is 0 Å². The van der Waals surface area contributed by atoms with Gasteiger partial charge in [0.1, 0.15) is 11.4 Å². The van der Waals surface area contributed by atoms with Gasteiger partial charge < -0.3 is 14.2 Å². The van der Waals surface area contributed by atoms with Crippen molar-refractivity contribution in [1.29, 1.82) is 0 Å². The second-order valence-electron chi connectivity index (χ2n) is 4.73. The molecule has 94 valence electrons. The van der Waals surface area contributed by atoms with Gasteiger partial charge in [0, 0.05) is 12.7 Å². The van der Waals surface area contributed by atoms with Gasteiger partial charge in [-0.1, -0.05) is 6.07 Å². The average Bonchev–Trinajstić information content (AvgIpc) is 2.24. The second kappa shape index (κ2) is 4.31. The highest BCUT2D eigenvalue weighted by Crippen LogP contribution is 2.42. The highest BCUT2D eigenvalue weighted by Gasteiger charge is 2.44. The van der Waals surface area contributed by atoms with E-state index in [1.807, 2.05) is 0 Å². The van der Waals surface area contributed by atoms with E-state index in [0.717, 1.165) is 11.3 Å². The molecule has 0 unspecified atom stereocenters. The third-order valence-corrected chi connectivity index (χ3v) is 3.71. The molecule has 1 heterocycles. The summed E-state index contributed by atoms with van der Waals surface area (Å²) in [4.78, 5) is 0. The molecule has 17 heavy (non-hydrogen) atoms. The largest absolute Gasteiger partial charge is 0.496 e. The highest BCUT2D eigenvalue weighted by atomic mass is 16.6. The summed E-state index contributed by atoms with van der Waals surface area (Å²) in [7, 11) is 3.45. The molecule has 3 nitrogen and oxygen atoms in total. The van der Waals surface area contributed by atoms with Crippen LogP contribution in [0.1, 0.15) is 22.3 Å². The van der Waals surface area contributed by atoms with E-state index in [-0.39, 0.29) is 5.60 Å². The molecule has 0 spiro atoms. The summed E-state index contributed by atoms with van der Waals surface area (Å²) in [6.45, 7) is 7.49. The van der Waals surface area contributed by atoms with E-state index in [0.29, 0.717) is 13.2 Å². The lowest BCUT2D eigenvalue weighted by Gasteiger charge is -2.42. The maximum atomic E-state index is 5.67.